The van der Waals surface area contributed by atoms with Gasteiger partial charge in [0.2, 0.25) is 0 Å². The van der Waals surface area contributed by atoms with E-state index in [1.165, 1.54) is 88.6 Å². The smallest absolute Gasteiger partial charge is 0.286 e. The Bertz CT molecular complexity index is 3130. The molecule has 0 saturated carbocycles. The number of carbonyl (C=O) groups is 13. The van der Waals surface area contributed by atoms with E-state index in [9.17, 15) is 0 Å². The van der Waals surface area contributed by atoms with Crippen molar-refractivity contribution < 1.29 is 62.3 Å². The maximum absolute atomic E-state index is 15.9. The van der Waals surface area contributed by atoms with Crippen molar-refractivity contribution in [1.82, 2.24) is 139 Å². The number of nitrogens with zero attached hydrogens (tertiary/aromatic N) is 28. The summed E-state index contributed by atoms with van der Waals surface area (Å²) in [7, 11) is 0. The van der Waals surface area contributed by atoms with Gasteiger partial charge in [-0.1, -0.05) is 0 Å². The fourth-order valence-electron chi connectivity index (χ4n) is 17.3. The molecule has 76 heavy (non-hydrogen) atoms. The first-order chi connectivity index (χ1) is 36.7. The zero-order valence-corrected chi connectivity index (χ0v) is 38.1. The summed E-state index contributed by atoms with van der Waals surface area (Å²) < 4.78 is 0. The van der Waals surface area contributed by atoms with E-state index < -0.39 is 211 Å². The van der Waals surface area contributed by atoms with Gasteiger partial charge in [-0.05, 0) is 0 Å². The lowest BCUT2D eigenvalue weighted by Crippen LogP contribution is -2.61. The molecule has 22 aliphatic rings. The van der Waals surface area contributed by atoms with Gasteiger partial charge in [-0.25, -0.2) is 122 Å². The predicted molar refractivity (Wildman–Crippen MR) is 214 cm³/mol. The summed E-state index contributed by atoms with van der Waals surface area (Å²) >= 11 is 0. The standard InChI is InChI=1S/C35H30N28O13/c64-23-36-1-38-11-13-40(24(38)65)3-42-15-17-44(26(42)67)5-46-19-21-48(28(46)69)7-49-22-20-47(29(49)70)6-45-18-16-43(27(45)68)4-41-14-12-39(25(41)66)2-37(23)10-9(36)50-8-51(10)53(12)31(72)55(14)57(16)33(74)59(18)61(20)35(76)63(22)62(21)34(75)60(19)58(17)32(73)56(15)54(13)30(71)52(11)50/h9-22H,1-8H2. The Labute approximate surface area is 418 Å². The highest BCUT2D eigenvalue weighted by Crippen LogP contribution is 2.58. The third-order valence-corrected chi connectivity index (χ3v) is 19.9. The minimum absolute atomic E-state index is 0.358. The van der Waals surface area contributed by atoms with E-state index in [0.29, 0.717) is 0 Å². The van der Waals surface area contributed by atoms with E-state index in [0.717, 1.165) is 50.1 Å². The third-order valence-electron chi connectivity index (χ3n) is 19.9. The molecule has 0 aromatic rings. The molecule has 41 heteroatoms. The summed E-state index contributed by atoms with van der Waals surface area (Å²) in [5, 5.41) is 15.8. The van der Waals surface area contributed by atoms with Gasteiger partial charge in [-0.3, -0.25) is 68.6 Å². The fourth-order valence-corrected chi connectivity index (χ4v) is 17.3. The normalized spacial score (nSPS) is 44.1. The predicted octanol–water partition coefficient (Wildman–Crippen LogP) is -7.07. The summed E-state index contributed by atoms with van der Waals surface area (Å²) in [5.41, 5.74) is 0. The van der Waals surface area contributed by atoms with E-state index in [4.69, 9.17) is 0 Å². The molecule has 0 aliphatic carbocycles. The van der Waals surface area contributed by atoms with Gasteiger partial charge in [-0.2, -0.15) is 10.0 Å². The largest absolute Gasteiger partial charge is 0.362 e. The van der Waals surface area contributed by atoms with Gasteiger partial charge < -0.3 is 0 Å². The molecule has 22 saturated heterocycles. The van der Waals surface area contributed by atoms with Gasteiger partial charge in [-0.15, -0.1) is 0 Å². The molecular formula is C35H30N28O13. The zero-order chi connectivity index (χ0) is 50.4. The van der Waals surface area contributed by atoms with Crippen molar-refractivity contribution >= 4 is 78.4 Å². The molecule has 22 fully saturated rings. The minimum atomic E-state index is -1.47. The third kappa shape index (κ3) is 2.99. The first-order valence-corrected chi connectivity index (χ1v) is 24.5. The molecule has 16 atom stereocenters. The summed E-state index contributed by atoms with van der Waals surface area (Å²) in [6.45, 7) is -3.93. The molecular weight excluding hydrogens is 1020 g/mol. The van der Waals surface area contributed by atoms with Crippen LogP contribution in [0.3, 0.4) is 0 Å². The Morgan fingerprint density at radius 1 is 0.158 bits per heavy atom. The van der Waals surface area contributed by atoms with Crippen molar-refractivity contribution in [1.29, 1.82) is 0 Å². The number of urea groups is 13. The Morgan fingerprint density at radius 2 is 0.289 bits per heavy atom. The van der Waals surface area contributed by atoms with Gasteiger partial charge in [0, 0.05) is 0 Å². The topological polar surface area (TPSA) is 313 Å². The Kier molecular flexibility index (Phi) is 4.98. The molecule has 41 nitrogen and oxygen atoms in total. The van der Waals surface area contributed by atoms with E-state index >= 15 is 62.3 Å². The molecule has 16 unspecified atom stereocenters. The lowest BCUT2D eigenvalue weighted by molar-refractivity contribution is -0.0820. The molecule has 22 rings (SSSR count). The molecule has 26 amide bonds. The first kappa shape index (κ1) is 37.2. The average Bonchev–Trinajstić information content (AvgIpc) is 4.45. The molecule has 0 aromatic carbocycles. The number of hydrogen-bond donors (Lipinski definition) is 0. The highest BCUT2D eigenvalue weighted by molar-refractivity contribution is 5.98. The Hall–Kier alpha value is -9.57. The van der Waals surface area contributed by atoms with Crippen LogP contribution in [-0.2, 0) is 0 Å². The quantitative estimate of drug-likeness (QED) is 0.218. The molecule has 388 valence electrons. The Balaban J connectivity index is 0.804. The van der Waals surface area contributed by atoms with Crippen molar-refractivity contribution in [2.24, 2.45) is 0 Å². The number of carbonyl (C=O) groups excluding carboxylic acids is 13. The second kappa shape index (κ2) is 10.2. The molecule has 0 spiro atoms. The number of hydrazine groups is 7. The average molecular weight is 1050 g/mol. The van der Waals surface area contributed by atoms with Crippen LogP contribution in [0.4, 0.5) is 62.3 Å². The minimum Gasteiger partial charge on any atom is -0.286 e. The van der Waals surface area contributed by atoms with Crippen LogP contribution in [0.25, 0.3) is 0 Å². The summed E-state index contributed by atoms with van der Waals surface area (Å²) in [5.74, 6) is 0. The van der Waals surface area contributed by atoms with Gasteiger partial charge >= 0.3 is 78.4 Å². The van der Waals surface area contributed by atoms with Crippen molar-refractivity contribution in [3.63, 3.8) is 0 Å². The van der Waals surface area contributed by atoms with Crippen LogP contribution in [0.2, 0.25) is 0 Å². The van der Waals surface area contributed by atoms with Crippen LogP contribution in [-0.4, -0.2) is 357 Å². The van der Waals surface area contributed by atoms with Gasteiger partial charge in [0.05, 0.1) is 6.67 Å². The van der Waals surface area contributed by atoms with E-state index in [2.05, 4.69) is 0 Å². The summed E-state index contributed by atoms with van der Waals surface area (Å²) in [6.07, 6.45) is -19.1. The summed E-state index contributed by atoms with van der Waals surface area (Å²) in [4.78, 5) is 218. The van der Waals surface area contributed by atoms with Crippen molar-refractivity contribution in [3.8, 4) is 0 Å². The van der Waals surface area contributed by atoms with Crippen molar-refractivity contribution in [2.75, 3.05) is 53.3 Å². The van der Waals surface area contributed by atoms with E-state index in [1.807, 2.05) is 0 Å². The Morgan fingerprint density at radius 3 is 0.461 bits per heavy atom. The highest BCUT2D eigenvalue weighted by Gasteiger charge is 2.84. The fraction of sp³-hybridized carbons (Fsp3) is 0.629. The highest BCUT2D eigenvalue weighted by atomic mass is 16.3. The second-order valence-electron chi connectivity index (χ2n) is 22.2. The molecule has 0 aromatic heterocycles. The number of hydrogen-bond acceptors (Lipinski definition) is 15. The molecule has 22 aliphatic heterocycles. The summed E-state index contributed by atoms with van der Waals surface area (Å²) in [6, 6.07) is -11.2. The van der Waals surface area contributed by atoms with Crippen LogP contribution in [0.15, 0.2) is 0 Å². The maximum atomic E-state index is 15.9. The molecule has 22 heterocycles. The lowest BCUT2D eigenvalue weighted by Gasteiger charge is -2.36. The van der Waals surface area contributed by atoms with Gasteiger partial charge in [0.1, 0.15) is 59.0 Å². The molecule has 0 radical (unpaired) electrons. The van der Waals surface area contributed by atoms with Crippen LogP contribution < -0.4 is 0 Å². The molecule has 28 bridgehead atoms. The SMILES string of the molecule is O=C1N2CN3C(=O)N4CN5C(=O)N6CN7C(=O)N8CN9C(=O)N%10CN%11C(=O)N%12CN%13C(=O)N%14CN1C1C2N2CN1N1C(=O)N(C%13C%141)N1C(=O)N(C%11C%121)N1C(=O)N(C9C%101)N1C(=O)N(C7C81)N1C(=O)N(C5C61)N1C(=O)N2C3C41. The van der Waals surface area contributed by atoms with Crippen LogP contribution in [0, 0.1) is 0 Å². The second-order valence-corrected chi connectivity index (χ2v) is 22.2. The monoisotopic (exact) mass is 1050 g/mol. The van der Waals surface area contributed by atoms with E-state index in [1.54, 1.807) is 0 Å². The van der Waals surface area contributed by atoms with Crippen LogP contribution in [0.5, 0.6) is 0 Å². The zero-order valence-electron chi connectivity index (χ0n) is 38.1. The van der Waals surface area contributed by atoms with Gasteiger partial charge in [0.15, 0.2) is 74.0 Å². The van der Waals surface area contributed by atoms with Crippen molar-refractivity contribution in [2.45, 2.75) is 86.3 Å². The van der Waals surface area contributed by atoms with Crippen LogP contribution >= 0.6 is 0 Å². The van der Waals surface area contributed by atoms with Gasteiger partial charge in [0.25, 0.3) is 0 Å². The van der Waals surface area contributed by atoms with E-state index in [-0.39, 0.29) is 6.67 Å². The number of amides is 26. The first-order valence-electron chi connectivity index (χ1n) is 24.5. The maximum Gasteiger partial charge on any atom is 0.362 e. The number of rotatable bonds is 0. The lowest BCUT2D eigenvalue weighted by atomic mass is 10.4. The molecule has 0 N–H and O–H groups in total. The van der Waals surface area contributed by atoms with Crippen molar-refractivity contribution in [3.05, 3.63) is 0 Å². The van der Waals surface area contributed by atoms with Crippen LogP contribution in [0.1, 0.15) is 0 Å².